The number of benzene rings is 1. The van der Waals surface area contributed by atoms with Gasteiger partial charge in [-0.25, -0.2) is 0 Å². The van der Waals surface area contributed by atoms with Crippen LogP contribution in [-0.2, 0) is 11.3 Å². The van der Waals surface area contributed by atoms with Crippen molar-refractivity contribution in [2.24, 2.45) is 5.92 Å². The van der Waals surface area contributed by atoms with Gasteiger partial charge in [-0.05, 0) is 49.9 Å². The maximum atomic E-state index is 11.2. The monoisotopic (exact) mass is 337 g/mol. The predicted molar refractivity (Wildman–Crippen MR) is 93.1 cm³/mol. The van der Waals surface area contributed by atoms with Crippen molar-refractivity contribution in [1.29, 1.82) is 0 Å². The van der Waals surface area contributed by atoms with Gasteiger partial charge in [0.1, 0.15) is 6.04 Å². The molecule has 0 saturated heterocycles. The Bertz CT molecular complexity index is 709. The van der Waals surface area contributed by atoms with E-state index in [9.17, 15) is 4.79 Å². The van der Waals surface area contributed by atoms with Crippen LogP contribution in [0.1, 0.15) is 31.4 Å². The molecule has 2 aromatic rings. The second-order valence-electron chi connectivity index (χ2n) is 6.31. The topological polar surface area (TPSA) is 67.2 Å². The Morgan fingerprint density at radius 2 is 2.13 bits per heavy atom. The molecule has 1 heterocycles. The van der Waals surface area contributed by atoms with Crippen molar-refractivity contribution in [3.8, 4) is 0 Å². The molecular weight excluding hydrogens is 314 g/mol. The molecule has 0 spiro atoms. The van der Waals surface area contributed by atoms with Gasteiger partial charge in [0.2, 0.25) is 0 Å². The number of aryl methyl sites for hydroxylation is 3. The van der Waals surface area contributed by atoms with Gasteiger partial charge in [0.05, 0.1) is 11.7 Å². The molecule has 2 N–H and O–H groups in total. The number of nitrogens with one attached hydrogen (secondary N) is 1. The second kappa shape index (κ2) is 7.32. The van der Waals surface area contributed by atoms with Crippen LogP contribution in [0.25, 0.3) is 10.9 Å². The van der Waals surface area contributed by atoms with Crippen LogP contribution >= 0.6 is 11.6 Å². The Labute approximate surface area is 141 Å². The lowest BCUT2D eigenvalue weighted by Crippen LogP contribution is -2.41. The molecule has 5 nitrogen and oxygen atoms in total. The minimum atomic E-state index is -0.803. The number of nitrogens with zero attached hydrogens (tertiary/aromatic N) is 2. The first-order valence-electron chi connectivity index (χ1n) is 7.90. The molecule has 2 rings (SSSR count). The van der Waals surface area contributed by atoms with Gasteiger partial charge in [-0.15, -0.1) is 0 Å². The van der Waals surface area contributed by atoms with Crippen LogP contribution in [0.15, 0.2) is 12.3 Å². The van der Waals surface area contributed by atoms with E-state index < -0.39 is 12.0 Å². The molecule has 1 unspecified atom stereocenters. The van der Waals surface area contributed by atoms with Crippen molar-refractivity contribution in [1.82, 2.24) is 15.1 Å². The van der Waals surface area contributed by atoms with Crippen molar-refractivity contribution in [3.63, 3.8) is 0 Å². The number of hydrogen-bond donors (Lipinski definition) is 2. The van der Waals surface area contributed by atoms with Gasteiger partial charge in [0, 0.05) is 17.0 Å². The highest BCUT2D eigenvalue weighted by Crippen LogP contribution is 2.28. The third-order valence-corrected chi connectivity index (χ3v) is 4.70. The molecule has 126 valence electrons. The van der Waals surface area contributed by atoms with Gasteiger partial charge >= 0.3 is 5.97 Å². The Kier molecular flexibility index (Phi) is 5.65. The van der Waals surface area contributed by atoms with Gasteiger partial charge in [-0.2, -0.15) is 5.10 Å². The number of carboxylic acid groups (broad SMARTS) is 1. The van der Waals surface area contributed by atoms with Gasteiger partial charge < -0.3 is 10.4 Å². The third kappa shape index (κ3) is 3.85. The summed E-state index contributed by atoms with van der Waals surface area (Å²) < 4.78 is 1.95. The zero-order valence-corrected chi connectivity index (χ0v) is 14.8. The lowest BCUT2D eigenvalue weighted by molar-refractivity contribution is -0.140. The highest BCUT2D eigenvalue weighted by Gasteiger charge is 2.20. The number of rotatable bonds is 7. The number of carbonyl (C=O) groups is 1. The number of aromatic nitrogens is 2. The van der Waals surface area contributed by atoms with Crippen molar-refractivity contribution < 1.29 is 9.90 Å². The maximum Gasteiger partial charge on any atom is 0.320 e. The van der Waals surface area contributed by atoms with Gasteiger partial charge in [0.25, 0.3) is 0 Å². The average molecular weight is 338 g/mol. The van der Waals surface area contributed by atoms with Crippen molar-refractivity contribution >= 4 is 28.5 Å². The number of fused-ring (bicyclic) bond motifs is 1. The molecule has 0 aliphatic rings. The fraction of sp³-hybridized carbons (Fsp3) is 0.529. The fourth-order valence-electron chi connectivity index (χ4n) is 2.88. The summed E-state index contributed by atoms with van der Waals surface area (Å²) in [6, 6.07) is 1.54. The Balaban J connectivity index is 2.03. The van der Waals surface area contributed by atoms with E-state index in [-0.39, 0.29) is 5.92 Å². The zero-order chi connectivity index (χ0) is 17.1. The SMILES string of the molecule is Cc1cc2cnn(CCCNC(C(=O)O)C(C)C)c2c(C)c1Cl. The van der Waals surface area contributed by atoms with Gasteiger partial charge in [-0.3, -0.25) is 9.48 Å². The summed E-state index contributed by atoms with van der Waals surface area (Å²) in [5, 5.41) is 18.6. The Morgan fingerprint density at radius 1 is 1.43 bits per heavy atom. The van der Waals surface area contributed by atoms with Gasteiger partial charge in [-0.1, -0.05) is 25.4 Å². The van der Waals surface area contributed by atoms with Crippen LogP contribution in [0, 0.1) is 19.8 Å². The zero-order valence-electron chi connectivity index (χ0n) is 14.1. The first kappa shape index (κ1) is 17.8. The van der Waals surface area contributed by atoms with E-state index in [1.54, 1.807) is 0 Å². The van der Waals surface area contributed by atoms with Gasteiger partial charge in [0.15, 0.2) is 0 Å². The van der Waals surface area contributed by atoms with Crippen LogP contribution in [0.4, 0.5) is 0 Å². The Morgan fingerprint density at radius 3 is 2.74 bits per heavy atom. The highest BCUT2D eigenvalue weighted by molar-refractivity contribution is 6.33. The summed E-state index contributed by atoms with van der Waals surface area (Å²) >= 11 is 6.34. The summed E-state index contributed by atoms with van der Waals surface area (Å²) in [5.74, 6) is -0.746. The number of hydrogen-bond acceptors (Lipinski definition) is 3. The van der Waals surface area contributed by atoms with E-state index in [2.05, 4.69) is 10.4 Å². The fourth-order valence-corrected chi connectivity index (χ4v) is 3.02. The van der Waals surface area contributed by atoms with E-state index >= 15 is 0 Å². The number of aliphatic carboxylic acids is 1. The molecular formula is C17H24ClN3O2. The van der Waals surface area contributed by atoms with Crippen molar-refractivity contribution in [2.45, 2.75) is 46.7 Å². The average Bonchev–Trinajstić information content (AvgIpc) is 2.86. The summed E-state index contributed by atoms with van der Waals surface area (Å²) in [5.41, 5.74) is 3.15. The number of halogens is 1. The van der Waals surface area contributed by atoms with E-state index in [0.29, 0.717) is 6.54 Å². The molecule has 1 aromatic carbocycles. The van der Waals surface area contributed by atoms with E-state index in [1.165, 1.54) is 0 Å². The molecule has 0 bridgehead atoms. The molecule has 1 aromatic heterocycles. The summed E-state index contributed by atoms with van der Waals surface area (Å²) in [7, 11) is 0. The smallest absolute Gasteiger partial charge is 0.320 e. The van der Waals surface area contributed by atoms with Crippen LogP contribution in [0.3, 0.4) is 0 Å². The molecule has 0 amide bonds. The standard InChI is InChI=1S/C17H24ClN3O2/c1-10(2)15(17(22)23)19-6-5-7-21-16-12(4)14(18)11(3)8-13(16)9-20-21/h8-10,15,19H,5-7H2,1-4H3,(H,22,23). The summed E-state index contributed by atoms with van der Waals surface area (Å²) in [6.07, 6.45) is 2.66. The summed E-state index contributed by atoms with van der Waals surface area (Å²) in [6.45, 7) is 9.17. The maximum absolute atomic E-state index is 11.2. The number of carboxylic acids is 1. The van der Waals surface area contributed by atoms with Crippen LogP contribution in [0.2, 0.25) is 5.02 Å². The molecule has 1 atom stereocenters. The Hall–Kier alpha value is -1.59. The molecule has 6 heteroatoms. The molecule has 0 fully saturated rings. The molecule has 0 radical (unpaired) electrons. The van der Waals surface area contributed by atoms with Crippen LogP contribution < -0.4 is 5.32 Å². The third-order valence-electron chi connectivity index (χ3n) is 4.11. The first-order valence-corrected chi connectivity index (χ1v) is 8.28. The minimum absolute atomic E-state index is 0.0575. The summed E-state index contributed by atoms with van der Waals surface area (Å²) in [4.78, 5) is 11.2. The molecule has 0 aliphatic carbocycles. The normalized spacial score (nSPS) is 13.0. The lowest BCUT2D eigenvalue weighted by atomic mass is 10.0. The molecule has 0 aliphatic heterocycles. The van der Waals surface area contributed by atoms with Crippen LogP contribution in [0.5, 0.6) is 0 Å². The highest BCUT2D eigenvalue weighted by atomic mass is 35.5. The largest absolute Gasteiger partial charge is 0.480 e. The minimum Gasteiger partial charge on any atom is -0.480 e. The first-order chi connectivity index (χ1) is 10.8. The van der Waals surface area contributed by atoms with Crippen molar-refractivity contribution in [3.05, 3.63) is 28.4 Å². The van der Waals surface area contributed by atoms with Crippen LogP contribution in [-0.4, -0.2) is 33.4 Å². The predicted octanol–water partition coefficient (Wildman–Crippen LogP) is 3.40. The molecule has 23 heavy (non-hydrogen) atoms. The van der Waals surface area contributed by atoms with E-state index in [4.69, 9.17) is 16.7 Å². The van der Waals surface area contributed by atoms with Crippen molar-refractivity contribution in [2.75, 3.05) is 6.54 Å². The second-order valence-corrected chi connectivity index (χ2v) is 6.68. The van der Waals surface area contributed by atoms with E-state index in [0.717, 1.165) is 40.0 Å². The quantitative estimate of drug-likeness (QED) is 0.760. The lowest BCUT2D eigenvalue weighted by Gasteiger charge is -2.17. The molecule has 0 saturated carbocycles. The van der Waals surface area contributed by atoms with E-state index in [1.807, 2.05) is 44.6 Å².